The molecule has 0 aliphatic carbocycles. The molecule has 0 unspecified atom stereocenters. The number of aryl methyl sites for hydroxylation is 1. The average Bonchev–Trinajstić information content (AvgIpc) is 2.23. The summed E-state index contributed by atoms with van der Waals surface area (Å²) in [6.45, 7) is 10.1. The van der Waals surface area contributed by atoms with Crippen LogP contribution in [0.15, 0.2) is 12.3 Å². The van der Waals surface area contributed by atoms with Gasteiger partial charge in [0.1, 0.15) is 11.6 Å². The Bertz CT molecular complexity index is 285. The van der Waals surface area contributed by atoms with Gasteiger partial charge in [0.05, 0.1) is 7.11 Å². The maximum Gasteiger partial charge on any atom is 0.129 e. The van der Waals surface area contributed by atoms with E-state index in [4.69, 9.17) is 4.74 Å². The smallest absolute Gasteiger partial charge is 0.129 e. The molecule has 0 spiro atoms. The van der Waals surface area contributed by atoms with Crippen molar-refractivity contribution in [1.82, 2.24) is 4.98 Å². The van der Waals surface area contributed by atoms with Crippen LogP contribution in [0.1, 0.15) is 33.3 Å². The first kappa shape index (κ1) is 13.8. The van der Waals surface area contributed by atoms with Crippen molar-refractivity contribution < 1.29 is 4.74 Å². The molecule has 15 heavy (non-hydrogen) atoms. The first-order chi connectivity index (χ1) is 7.13. The Labute approximate surface area is 92.9 Å². The number of methoxy groups -OCH3 is 1. The summed E-state index contributed by atoms with van der Waals surface area (Å²) in [7, 11) is 1.67. The zero-order chi connectivity index (χ0) is 11.8. The summed E-state index contributed by atoms with van der Waals surface area (Å²) >= 11 is 0. The van der Waals surface area contributed by atoms with E-state index in [9.17, 15) is 0 Å². The zero-order valence-corrected chi connectivity index (χ0v) is 10.6. The van der Waals surface area contributed by atoms with Crippen LogP contribution in [-0.2, 0) is 0 Å². The quantitative estimate of drug-likeness (QED) is 0.831. The Morgan fingerprint density at radius 3 is 2.40 bits per heavy atom. The molecule has 1 aromatic rings. The van der Waals surface area contributed by atoms with Gasteiger partial charge in [-0.3, -0.25) is 0 Å². The first-order valence-corrected chi connectivity index (χ1v) is 5.40. The van der Waals surface area contributed by atoms with E-state index >= 15 is 0 Å². The van der Waals surface area contributed by atoms with Gasteiger partial charge in [0.25, 0.3) is 0 Å². The molecule has 0 amide bonds. The molecule has 0 radical (unpaired) electrons. The second-order valence-electron chi connectivity index (χ2n) is 3.34. The molecular formula is C12H22N2O. The van der Waals surface area contributed by atoms with Gasteiger partial charge in [-0.15, -0.1) is 0 Å². The van der Waals surface area contributed by atoms with Crippen LogP contribution in [-0.4, -0.2) is 18.1 Å². The number of ether oxygens (including phenoxy) is 1. The Kier molecular flexibility index (Phi) is 6.50. The summed E-state index contributed by atoms with van der Waals surface area (Å²) in [5.41, 5.74) is 1.05. The van der Waals surface area contributed by atoms with E-state index < -0.39 is 0 Å². The van der Waals surface area contributed by atoms with Gasteiger partial charge in [0, 0.05) is 23.9 Å². The fourth-order valence-electron chi connectivity index (χ4n) is 1.10. The van der Waals surface area contributed by atoms with Crippen molar-refractivity contribution >= 4 is 5.82 Å². The molecule has 0 saturated carbocycles. The number of hydrogen-bond acceptors (Lipinski definition) is 3. The fourth-order valence-corrected chi connectivity index (χ4v) is 1.10. The highest BCUT2D eigenvalue weighted by atomic mass is 16.5. The first-order valence-electron chi connectivity index (χ1n) is 5.40. The summed E-state index contributed by atoms with van der Waals surface area (Å²) in [5.74, 6) is 1.73. The maximum absolute atomic E-state index is 5.19. The lowest BCUT2D eigenvalue weighted by Gasteiger charge is -2.11. The molecule has 1 aromatic heterocycles. The van der Waals surface area contributed by atoms with Gasteiger partial charge in [-0.1, -0.05) is 13.8 Å². The van der Waals surface area contributed by atoms with Crippen molar-refractivity contribution in [2.24, 2.45) is 0 Å². The van der Waals surface area contributed by atoms with Gasteiger partial charge < -0.3 is 10.1 Å². The monoisotopic (exact) mass is 210 g/mol. The summed E-state index contributed by atoms with van der Waals surface area (Å²) < 4.78 is 5.19. The molecule has 0 aromatic carbocycles. The third-order valence-electron chi connectivity index (χ3n) is 1.71. The summed E-state index contributed by atoms with van der Waals surface area (Å²) in [6, 6.07) is 2.30. The normalized spacial score (nSPS) is 9.27. The van der Waals surface area contributed by atoms with Gasteiger partial charge in [-0.2, -0.15) is 0 Å². The van der Waals surface area contributed by atoms with Gasteiger partial charge >= 0.3 is 0 Å². The highest BCUT2D eigenvalue weighted by Crippen LogP contribution is 2.19. The summed E-state index contributed by atoms with van der Waals surface area (Å²) in [4.78, 5) is 4.24. The molecule has 0 atom stereocenters. The molecule has 0 bridgehead atoms. The highest BCUT2D eigenvalue weighted by molar-refractivity contribution is 5.44. The van der Waals surface area contributed by atoms with Crippen molar-refractivity contribution in [3.05, 3.63) is 17.8 Å². The van der Waals surface area contributed by atoms with Crippen LogP contribution in [0.5, 0.6) is 5.75 Å². The second kappa shape index (κ2) is 7.10. The summed E-state index contributed by atoms with van der Waals surface area (Å²) in [6.07, 6.45) is 1.81. The third kappa shape index (κ3) is 4.68. The van der Waals surface area contributed by atoms with Crippen LogP contribution in [0, 0.1) is 6.92 Å². The Balaban J connectivity index is 0.000000921. The molecule has 1 N–H and O–H groups in total. The number of hydrogen-bond donors (Lipinski definition) is 1. The number of aromatic nitrogens is 1. The van der Waals surface area contributed by atoms with Gasteiger partial charge in [0.2, 0.25) is 0 Å². The Hall–Kier alpha value is -1.25. The van der Waals surface area contributed by atoms with Crippen molar-refractivity contribution in [3.63, 3.8) is 0 Å². The van der Waals surface area contributed by atoms with Crippen LogP contribution in [0.3, 0.4) is 0 Å². The predicted molar refractivity (Wildman–Crippen MR) is 65.6 cm³/mol. The topological polar surface area (TPSA) is 34.1 Å². The molecule has 0 fully saturated rings. The lowest BCUT2D eigenvalue weighted by atomic mass is 10.3. The number of nitrogens with one attached hydrogen (secondary N) is 1. The van der Waals surface area contributed by atoms with Crippen LogP contribution < -0.4 is 10.1 Å². The average molecular weight is 210 g/mol. The highest BCUT2D eigenvalue weighted by Gasteiger charge is 2.01. The Morgan fingerprint density at radius 1 is 1.33 bits per heavy atom. The predicted octanol–water partition coefficient (Wildman–Crippen LogP) is 3.25. The van der Waals surface area contributed by atoms with Crippen LogP contribution in [0.25, 0.3) is 0 Å². The van der Waals surface area contributed by atoms with E-state index in [0.29, 0.717) is 6.04 Å². The van der Waals surface area contributed by atoms with E-state index in [1.54, 1.807) is 7.11 Å². The number of pyridine rings is 1. The van der Waals surface area contributed by atoms with Gasteiger partial charge in [0.15, 0.2) is 0 Å². The molecule has 0 aliphatic rings. The van der Waals surface area contributed by atoms with Crippen molar-refractivity contribution in [3.8, 4) is 5.75 Å². The zero-order valence-electron chi connectivity index (χ0n) is 10.6. The Morgan fingerprint density at radius 2 is 1.93 bits per heavy atom. The number of anilines is 1. The SMILES string of the molecule is CC.COc1cc(NC(C)C)ncc1C. The van der Waals surface area contributed by atoms with E-state index in [-0.39, 0.29) is 0 Å². The molecule has 1 rings (SSSR count). The minimum absolute atomic E-state index is 0.389. The molecule has 1 heterocycles. The molecular weight excluding hydrogens is 188 g/mol. The standard InChI is InChI=1S/C10H16N2O.C2H6/c1-7(2)12-10-5-9(13-4)8(3)6-11-10;1-2/h5-7H,1-4H3,(H,11,12);1-2H3. The van der Waals surface area contributed by atoms with E-state index in [1.807, 2.05) is 33.0 Å². The molecule has 0 aliphatic heterocycles. The van der Waals surface area contributed by atoms with Crippen molar-refractivity contribution in [2.45, 2.75) is 40.7 Å². The van der Waals surface area contributed by atoms with Crippen LogP contribution in [0.2, 0.25) is 0 Å². The van der Waals surface area contributed by atoms with Crippen LogP contribution in [0.4, 0.5) is 5.82 Å². The maximum atomic E-state index is 5.19. The number of nitrogens with zero attached hydrogens (tertiary/aromatic N) is 1. The largest absolute Gasteiger partial charge is 0.496 e. The fraction of sp³-hybridized carbons (Fsp3) is 0.583. The van der Waals surface area contributed by atoms with E-state index in [1.165, 1.54) is 0 Å². The molecule has 3 nitrogen and oxygen atoms in total. The lowest BCUT2D eigenvalue weighted by molar-refractivity contribution is 0.411. The van der Waals surface area contributed by atoms with Gasteiger partial charge in [-0.05, 0) is 20.8 Å². The lowest BCUT2D eigenvalue weighted by Crippen LogP contribution is -2.11. The van der Waals surface area contributed by atoms with Crippen molar-refractivity contribution in [1.29, 1.82) is 0 Å². The number of rotatable bonds is 3. The minimum Gasteiger partial charge on any atom is -0.496 e. The minimum atomic E-state index is 0.389. The third-order valence-corrected chi connectivity index (χ3v) is 1.71. The van der Waals surface area contributed by atoms with E-state index in [2.05, 4.69) is 24.1 Å². The molecule has 3 heteroatoms. The van der Waals surface area contributed by atoms with Crippen LogP contribution >= 0.6 is 0 Å². The molecule has 0 saturated heterocycles. The summed E-state index contributed by atoms with van der Waals surface area (Å²) in [5, 5.41) is 3.22. The van der Waals surface area contributed by atoms with Gasteiger partial charge in [-0.25, -0.2) is 4.98 Å². The van der Waals surface area contributed by atoms with E-state index in [0.717, 1.165) is 17.1 Å². The molecule has 86 valence electrons. The second-order valence-corrected chi connectivity index (χ2v) is 3.34. The van der Waals surface area contributed by atoms with Crippen molar-refractivity contribution in [2.75, 3.05) is 12.4 Å².